The van der Waals surface area contributed by atoms with Crippen LogP contribution in [0.3, 0.4) is 0 Å². The lowest BCUT2D eigenvalue weighted by Crippen LogP contribution is -2.45. The Kier molecular flexibility index (Phi) is 11.0. The third kappa shape index (κ3) is 8.96. The Morgan fingerprint density at radius 3 is 2.02 bits per heavy atom. The van der Waals surface area contributed by atoms with Crippen LogP contribution in [0.5, 0.6) is 5.75 Å². The molecule has 0 fully saturated rings. The molecule has 2 N–H and O–H groups in total. The van der Waals surface area contributed by atoms with Crippen molar-refractivity contribution in [2.45, 2.75) is 24.0 Å². The highest BCUT2D eigenvalue weighted by Gasteiger charge is 2.32. The van der Waals surface area contributed by atoms with E-state index in [0.29, 0.717) is 21.7 Å². The molecule has 246 valence electrons. The lowest BCUT2D eigenvalue weighted by Gasteiger charge is -2.31. The summed E-state index contributed by atoms with van der Waals surface area (Å²) in [5.74, 6) is -1.78. The third-order valence-corrected chi connectivity index (χ3v) is 9.03. The Labute approximate surface area is 282 Å². The average molecular weight is 690 g/mol. The number of hydrogen-bond acceptors (Lipinski definition) is 5. The Hall–Kier alpha value is -5.26. The average Bonchev–Trinajstić information content (AvgIpc) is 3.09. The molecule has 0 bridgehead atoms. The molecular formula is C36H30ClF2N3O5S. The topological polar surface area (TPSA) is 105 Å². The van der Waals surface area contributed by atoms with Crippen molar-refractivity contribution < 1.29 is 31.5 Å². The third-order valence-electron chi connectivity index (χ3n) is 7.27. The standard InChI is InChI=1S/C36H30ClF2N3O5S/c37-33-9-5-4-8-27(33)22-40-36(44)35(26-6-2-1-3-7-26)42(23-25-10-12-28(38)13-11-25)34(43)24-47-31-18-20-32(21-19-31)48(45,46)41-30-16-14-29(39)15-17-30/h1-21,35,41H,22-24H2,(H,40,44)/t35-/m0/s1. The second-order valence-electron chi connectivity index (χ2n) is 10.6. The first-order chi connectivity index (χ1) is 23.1. The molecule has 0 heterocycles. The fourth-order valence-electron chi connectivity index (χ4n) is 4.81. The molecule has 0 spiro atoms. The smallest absolute Gasteiger partial charge is 0.261 e. The zero-order chi connectivity index (χ0) is 34.1. The van der Waals surface area contributed by atoms with Gasteiger partial charge >= 0.3 is 0 Å². The zero-order valence-electron chi connectivity index (χ0n) is 25.4. The van der Waals surface area contributed by atoms with Crippen molar-refractivity contribution >= 4 is 39.1 Å². The summed E-state index contributed by atoms with van der Waals surface area (Å²) in [6.07, 6.45) is 0. The SMILES string of the molecule is O=C(NCc1ccccc1Cl)[C@H](c1ccccc1)N(Cc1ccc(F)cc1)C(=O)COc1ccc(S(=O)(=O)Nc2ccc(F)cc2)cc1. The molecule has 5 aromatic carbocycles. The normalized spacial score (nSPS) is 11.7. The Bertz CT molecular complexity index is 1960. The highest BCUT2D eigenvalue weighted by molar-refractivity contribution is 7.92. The number of nitrogens with one attached hydrogen (secondary N) is 2. The van der Waals surface area contributed by atoms with E-state index < -0.39 is 46.1 Å². The summed E-state index contributed by atoms with van der Waals surface area (Å²) in [6.45, 7) is -0.432. The van der Waals surface area contributed by atoms with Crippen LogP contribution in [-0.4, -0.2) is 31.7 Å². The van der Waals surface area contributed by atoms with Crippen LogP contribution in [0.1, 0.15) is 22.7 Å². The number of carbonyl (C=O) groups is 2. The minimum absolute atomic E-state index is 0.0478. The van der Waals surface area contributed by atoms with E-state index >= 15 is 0 Å². The van der Waals surface area contributed by atoms with E-state index in [1.807, 2.05) is 0 Å². The second kappa shape index (κ2) is 15.6. The van der Waals surface area contributed by atoms with Crippen molar-refractivity contribution in [2.24, 2.45) is 0 Å². The number of benzene rings is 5. The van der Waals surface area contributed by atoms with E-state index in [1.165, 1.54) is 65.6 Å². The number of sulfonamides is 1. The first-order valence-electron chi connectivity index (χ1n) is 14.7. The molecule has 0 aromatic heterocycles. The lowest BCUT2D eigenvalue weighted by atomic mass is 10.0. The number of hydrogen-bond donors (Lipinski definition) is 2. The van der Waals surface area contributed by atoms with Crippen molar-refractivity contribution in [3.63, 3.8) is 0 Å². The predicted molar refractivity (Wildman–Crippen MR) is 179 cm³/mol. The van der Waals surface area contributed by atoms with Crippen molar-refractivity contribution in [3.05, 3.63) is 161 Å². The minimum atomic E-state index is -3.99. The maximum absolute atomic E-state index is 13.9. The molecule has 2 amide bonds. The Morgan fingerprint density at radius 1 is 0.771 bits per heavy atom. The number of ether oxygens (including phenoxy) is 1. The summed E-state index contributed by atoms with van der Waals surface area (Å²) in [5, 5.41) is 3.36. The van der Waals surface area contributed by atoms with Crippen LogP contribution >= 0.6 is 11.6 Å². The van der Waals surface area contributed by atoms with Gasteiger partial charge in [0.2, 0.25) is 5.91 Å². The van der Waals surface area contributed by atoms with Crippen LogP contribution < -0.4 is 14.8 Å². The quantitative estimate of drug-likeness (QED) is 0.140. The van der Waals surface area contributed by atoms with Gasteiger partial charge in [0.25, 0.3) is 15.9 Å². The lowest BCUT2D eigenvalue weighted by molar-refractivity contribution is -0.143. The van der Waals surface area contributed by atoms with E-state index in [0.717, 1.165) is 12.1 Å². The van der Waals surface area contributed by atoms with E-state index in [4.69, 9.17) is 16.3 Å². The first kappa shape index (κ1) is 34.1. The molecule has 0 saturated carbocycles. The van der Waals surface area contributed by atoms with Gasteiger partial charge in [0, 0.05) is 23.8 Å². The van der Waals surface area contributed by atoms with Crippen molar-refractivity contribution in [2.75, 3.05) is 11.3 Å². The van der Waals surface area contributed by atoms with Gasteiger partial charge < -0.3 is 15.0 Å². The van der Waals surface area contributed by atoms with Gasteiger partial charge in [-0.1, -0.05) is 72.3 Å². The molecule has 0 saturated heterocycles. The van der Waals surface area contributed by atoms with Crippen LogP contribution in [0.15, 0.2) is 132 Å². The molecule has 0 radical (unpaired) electrons. The van der Waals surface area contributed by atoms with E-state index in [2.05, 4.69) is 10.0 Å². The van der Waals surface area contributed by atoms with Crippen LogP contribution in [0, 0.1) is 11.6 Å². The van der Waals surface area contributed by atoms with Gasteiger partial charge in [-0.3, -0.25) is 14.3 Å². The molecule has 5 aromatic rings. The van der Waals surface area contributed by atoms with Gasteiger partial charge in [0.1, 0.15) is 23.4 Å². The minimum Gasteiger partial charge on any atom is -0.484 e. The number of rotatable bonds is 13. The van der Waals surface area contributed by atoms with Crippen molar-refractivity contribution in [3.8, 4) is 5.75 Å². The van der Waals surface area contributed by atoms with E-state index in [-0.39, 0.29) is 29.4 Å². The number of nitrogens with zero attached hydrogens (tertiary/aromatic N) is 1. The molecule has 5 rings (SSSR count). The highest BCUT2D eigenvalue weighted by Crippen LogP contribution is 2.26. The predicted octanol–water partition coefficient (Wildman–Crippen LogP) is 6.88. The van der Waals surface area contributed by atoms with Gasteiger partial charge in [-0.25, -0.2) is 17.2 Å². The fraction of sp³-hybridized carbons (Fsp3) is 0.111. The maximum atomic E-state index is 13.9. The number of carbonyl (C=O) groups excluding carboxylic acids is 2. The molecule has 12 heteroatoms. The van der Waals surface area contributed by atoms with Crippen molar-refractivity contribution in [1.82, 2.24) is 10.2 Å². The molecule has 0 aliphatic rings. The monoisotopic (exact) mass is 689 g/mol. The summed E-state index contributed by atoms with van der Waals surface area (Å²) in [4.78, 5) is 29.0. The Morgan fingerprint density at radius 2 is 1.38 bits per heavy atom. The zero-order valence-corrected chi connectivity index (χ0v) is 26.9. The first-order valence-corrected chi connectivity index (χ1v) is 16.6. The highest BCUT2D eigenvalue weighted by atomic mass is 35.5. The molecule has 0 aliphatic heterocycles. The molecule has 1 atom stereocenters. The summed E-state index contributed by atoms with van der Waals surface area (Å²) < 4.78 is 60.7. The number of halogens is 3. The largest absolute Gasteiger partial charge is 0.484 e. The summed E-state index contributed by atoms with van der Waals surface area (Å²) in [7, 11) is -3.99. The summed E-state index contributed by atoms with van der Waals surface area (Å²) >= 11 is 6.30. The summed E-state index contributed by atoms with van der Waals surface area (Å²) in [6, 6.07) is 30.6. The fourth-order valence-corrected chi connectivity index (χ4v) is 6.08. The van der Waals surface area contributed by atoms with Gasteiger partial charge in [0.15, 0.2) is 6.61 Å². The number of amides is 2. The van der Waals surface area contributed by atoms with Crippen LogP contribution in [-0.2, 0) is 32.7 Å². The molecule has 8 nitrogen and oxygen atoms in total. The van der Waals surface area contributed by atoms with Crippen LogP contribution in [0.4, 0.5) is 14.5 Å². The van der Waals surface area contributed by atoms with E-state index in [1.54, 1.807) is 54.6 Å². The van der Waals surface area contributed by atoms with Gasteiger partial charge in [-0.05, 0) is 83.4 Å². The number of anilines is 1. The molecule has 48 heavy (non-hydrogen) atoms. The van der Waals surface area contributed by atoms with Gasteiger partial charge in [0.05, 0.1) is 4.90 Å². The maximum Gasteiger partial charge on any atom is 0.261 e. The van der Waals surface area contributed by atoms with Crippen molar-refractivity contribution in [1.29, 1.82) is 0 Å². The second-order valence-corrected chi connectivity index (χ2v) is 12.7. The molecule has 0 unspecified atom stereocenters. The van der Waals surface area contributed by atoms with E-state index in [9.17, 15) is 26.8 Å². The van der Waals surface area contributed by atoms with Gasteiger partial charge in [-0.2, -0.15) is 0 Å². The molecular weight excluding hydrogens is 660 g/mol. The summed E-state index contributed by atoms with van der Waals surface area (Å²) in [5.41, 5.74) is 1.99. The Balaban J connectivity index is 1.36. The molecule has 0 aliphatic carbocycles. The van der Waals surface area contributed by atoms with Gasteiger partial charge in [-0.15, -0.1) is 0 Å². The van der Waals surface area contributed by atoms with Crippen LogP contribution in [0.25, 0.3) is 0 Å². The van der Waals surface area contributed by atoms with Crippen LogP contribution in [0.2, 0.25) is 5.02 Å².